The molecule has 0 aliphatic heterocycles. The SMILES string of the molecule is CCC(CC)CC(CO)NC(=O)C(C)C. The molecule has 0 spiro atoms. The normalized spacial score (nSPS) is 13.3. The van der Waals surface area contributed by atoms with E-state index in [0.717, 1.165) is 19.3 Å². The van der Waals surface area contributed by atoms with Gasteiger partial charge in [0.15, 0.2) is 0 Å². The molecule has 1 unspecified atom stereocenters. The zero-order chi connectivity index (χ0) is 11.8. The molecule has 3 heteroatoms. The van der Waals surface area contributed by atoms with E-state index in [1.54, 1.807) is 0 Å². The Bertz CT molecular complexity index is 176. The zero-order valence-corrected chi connectivity index (χ0v) is 10.4. The number of rotatable bonds is 7. The van der Waals surface area contributed by atoms with Crippen LogP contribution in [-0.2, 0) is 4.79 Å². The Labute approximate surface area is 93.3 Å². The molecule has 0 aromatic rings. The average molecular weight is 215 g/mol. The van der Waals surface area contributed by atoms with Gasteiger partial charge < -0.3 is 10.4 Å². The van der Waals surface area contributed by atoms with Gasteiger partial charge in [-0.05, 0) is 12.3 Å². The van der Waals surface area contributed by atoms with Gasteiger partial charge in [-0.1, -0.05) is 40.5 Å². The molecule has 0 heterocycles. The molecule has 15 heavy (non-hydrogen) atoms. The maximum absolute atomic E-state index is 11.4. The summed E-state index contributed by atoms with van der Waals surface area (Å²) in [6.07, 6.45) is 3.08. The molecule has 0 fully saturated rings. The molecule has 1 amide bonds. The summed E-state index contributed by atoms with van der Waals surface area (Å²) >= 11 is 0. The molecule has 0 rings (SSSR count). The van der Waals surface area contributed by atoms with Gasteiger partial charge in [-0.15, -0.1) is 0 Å². The second-order valence-corrected chi connectivity index (χ2v) is 4.46. The highest BCUT2D eigenvalue weighted by Crippen LogP contribution is 2.15. The van der Waals surface area contributed by atoms with Crippen LogP contribution in [0.15, 0.2) is 0 Å². The molecule has 1 atom stereocenters. The van der Waals surface area contributed by atoms with E-state index >= 15 is 0 Å². The number of aliphatic hydroxyl groups is 1. The van der Waals surface area contributed by atoms with Crippen molar-refractivity contribution in [2.75, 3.05) is 6.61 Å². The summed E-state index contributed by atoms with van der Waals surface area (Å²) in [6.45, 7) is 8.05. The first-order valence-corrected chi connectivity index (χ1v) is 5.96. The van der Waals surface area contributed by atoms with Crippen molar-refractivity contribution in [3.8, 4) is 0 Å². The van der Waals surface area contributed by atoms with Gasteiger partial charge in [0.05, 0.1) is 12.6 Å². The van der Waals surface area contributed by atoms with Gasteiger partial charge in [-0.25, -0.2) is 0 Å². The van der Waals surface area contributed by atoms with E-state index in [9.17, 15) is 9.90 Å². The van der Waals surface area contributed by atoms with Crippen LogP contribution in [0.5, 0.6) is 0 Å². The number of nitrogens with one attached hydrogen (secondary N) is 1. The van der Waals surface area contributed by atoms with E-state index in [1.807, 2.05) is 13.8 Å². The zero-order valence-electron chi connectivity index (χ0n) is 10.4. The highest BCUT2D eigenvalue weighted by molar-refractivity contribution is 5.78. The molecule has 0 aliphatic carbocycles. The summed E-state index contributed by atoms with van der Waals surface area (Å²) in [5.74, 6) is 0.607. The minimum atomic E-state index is -0.0789. The van der Waals surface area contributed by atoms with Crippen molar-refractivity contribution in [2.24, 2.45) is 11.8 Å². The van der Waals surface area contributed by atoms with Crippen LogP contribution in [0.3, 0.4) is 0 Å². The smallest absolute Gasteiger partial charge is 0.222 e. The number of amides is 1. The Balaban J connectivity index is 4.07. The molecule has 0 radical (unpaired) electrons. The molecular formula is C12H25NO2. The second kappa shape index (κ2) is 7.69. The van der Waals surface area contributed by atoms with Crippen LogP contribution in [0.2, 0.25) is 0 Å². The standard InChI is InChI=1S/C12H25NO2/c1-5-10(6-2)7-11(8-14)13-12(15)9(3)4/h9-11,14H,5-8H2,1-4H3,(H,13,15). The molecule has 0 saturated carbocycles. The van der Waals surface area contributed by atoms with Gasteiger partial charge in [0.2, 0.25) is 5.91 Å². The van der Waals surface area contributed by atoms with Crippen molar-refractivity contribution in [2.45, 2.75) is 53.0 Å². The Morgan fingerprint density at radius 2 is 1.80 bits per heavy atom. The fourth-order valence-corrected chi connectivity index (χ4v) is 1.57. The number of aliphatic hydroxyl groups excluding tert-OH is 1. The van der Waals surface area contributed by atoms with Crippen molar-refractivity contribution < 1.29 is 9.90 Å². The van der Waals surface area contributed by atoms with E-state index in [4.69, 9.17) is 0 Å². The maximum Gasteiger partial charge on any atom is 0.222 e. The van der Waals surface area contributed by atoms with Gasteiger partial charge in [0, 0.05) is 5.92 Å². The van der Waals surface area contributed by atoms with Crippen molar-refractivity contribution in [1.82, 2.24) is 5.32 Å². The van der Waals surface area contributed by atoms with E-state index < -0.39 is 0 Å². The molecule has 0 aromatic carbocycles. The van der Waals surface area contributed by atoms with Crippen LogP contribution >= 0.6 is 0 Å². The predicted molar refractivity (Wildman–Crippen MR) is 62.5 cm³/mol. The molecule has 0 bridgehead atoms. The van der Waals surface area contributed by atoms with Gasteiger partial charge >= 0.3 is 0 Å². The van der Waals surface area contributed by atoms with Crippen molar-refractivity contribution >= 4 is 5.91 Å². The molecular weight excluding hydrogens is 190 g/mol. The Kier molecular flexibility index (Phi) is 7.39. The highest BCUT2D eigenvalue weighted by Gasteiger charge is 2.17. The maximum atomic E-state index is 11.4. The van der Waals surface area contributed by atoms with E-state index in [1.165, 1.54) is 0 Å². The van der Waals surface area contributed by atoms with Gasteiger partial charge in [0.1, 0.15) is 0 Å². The van der Waals surface area contributed by atoms with Crippen molar-refractivity contribution in [1.29, 1.82) is 0 Å². The summed E-state index contributed by atoms with van der Waals surface area (Å²) in [6, 6.07) is -0.0789. The summed E-state index contributed by atoms with van der Waals surface area (Å²) in [5.41, 5.74) is 0. The molecule has 0 aliphatic rings. The van der Waals surface area contributed by atoms with Gasteiger partial charge in [0.25, 0.3) is 0 Å². The van der Waals surface area contributed by atoms with Crippen LogP contribution in [-0.4, -0.2) is 23.7 Å². The largest absolute Gasteiger partial charge is 0.394 e. The first-order chi connectivity index (χ1) is 7.04. The second-order valence-electron chi connectivity index (χ2n) is 4.46. The average Bonchev–Trinajstić information content (AvgIpc) is 2.23. The first kappa shape index (κ1) is 14.4. The number of carbonyl (C=O) groups is 1. The number of hydrogen-bond acceptors (Lipinski definition) is 2. The van der Waals surface area contributed by atoms with Crippen LogP contribution < -0.4 is 5.32 Å². The Hall–Kier alpha value is -0.570. The lowest BCUT2D eigenvalue weighted by Gasteiger charge is -2.22. The molecule has 2 N–H and O–H groups in total. The molecule has 0 saturated heterocycles. The molecule has 0 aromatic heterocycles. The van der Waals surface area contributed by atoms with Gasteiger partial charge in [-0.2, -0.15) is 0 Å². The quantitative estimate of drug-likeness (QED) is 0.682. The number of carbonyl (C=O) groups excluding carboxylic acids is 1. The van der Waals surface area contributed by atoms with Crippen molar-refractivity contribution in [3.05, 3.63) is 0 Å². The lowest BCUT2D eigenvalue weighted by Crippen LogP contribution is -2.40. The third-order valence-electron chi connectivity index (χ3n) is 2.86. The summed E-state index contributed by atoms with van der Waals surface area (Å²) in [7, 11) is 0. The van der Waals surface area contributed by atoms with Crippen molar-refractivity contribution in [3.63, 3.8) is 0 Å². The summed E-state index contributed by atoms with van der Waals surface area (Å²) in [4.78, 5) is 11.4. The third-order valence-corrected chi connectivity index (χ3v) is 2.86. The minimum Gasteiger partial charge on any atom is -0.394 e. The van der Waals surface area contributed by atoms with E-state index in [0.29, 0.717) is 5.92 Å². The minimum absolute atomic E-state index is 0.0132. The number of hydrogen-bond donors (Lipinski definition) is 2. The van der Waals surface area contributed by atoms with Crippen LogP contribution in [0.25, 0.3) is 0 Å². The van der Waals surface area contributed by atoms with Crippen LogP contribution in [0, 0.1) is 11.8 Å². The predicted octanol–water partition coefficient (Wildman–Crippen LogP) is 1.95. The fourth-order valence-electron chi connectivity index (χ4n) is 1.57. The summed E-state index contributed by atoms with van der Waals surface area (Å²) < 4.78 is 0. The van der Waals surface area contributed by atoms with Gasteiger partial charge in [-0.3, -0.25) is 4.79 Å². The fraction of sp³-hybridized carbons (Fsp3) is 0.917. The molecule has 90 valence electrons. The molecule has 3 nitrogen and oxygen atoms in total. The lowest BCUT2D eigenvalue weighted by atomic mass is 9.95. The lowest BCUT2D eigenvalue weighted by molar-refractivity contribution is -0.125. The van der Waals surface area contributed by atoms with Crippen LogP contribution in [0.1, 0.15) is 47.0 Å². The topological polar surface area (TPSA) is 49.3 Å². The Morgan fingerprint density at radius 3 is 2.13 bits per heavy atom. The highest BCUT2D eigenvalue weighted by atomic mass is 16.3. The monoisotopic (exact) mass is 215 g/mol. The van der Waals surface area contributed by atoms with E-state index in [2.05, 4.69) is 19.2 Å². The third kappa shape index (κ3) is 5.78. The van der Waals surface area contributed by atoms with Crippen LogP contribution in [0.4, 0.5) is 0 Å². The summed E-state index contributed by atoms with van der Waals surface area (Å²) in [5, 5.41) is 12.1. The first-order valence-electron chi connectivity index (χ1n) is 5.96. The Morgan fingerprint density at radius 1 is 1.27 bits per heavy atom. The van der Waals surface area contributed by atoms with E-state index in [-0.39, 0.29) is 24.5 Å².